The summed E-state index contributed by atoms with van der Waals surface area (Å²) in [5.41, 5.74) is 2.10. The van der Waals surface area contributed by atoms with Crippen molar-refractivity contribution in [2.45, 2.75) is 97.3 Å². The number of aryl methyl sites for hydroxylation is 1. The van der Waals surface area contributed by atoms with Crippen LogP contribution >= 0.6 is 0 Å². The lowest BCUT2D eigenvalue weighted by molar-refractivity contribution is -0.0527. The summed E-state index contributed by atoms with van der Waals surface area (Å²) >= 11 is 0. The summed E-state index contributed by atoms with van der Waals surface area (Å²) in [7, 11) is 0. The van der Waals surface area contributed by atoms with Gasteiger partial charge >= 0.3 is 0 Å². The quantitative estimate of drug-likeness (QED) is 0.305. The summed E-state index contributed by atoms with van der Waals surface area (Å²) in [6.45, 7) is 5.79. The first-order valence-electron chi connectivity index (χ1n) is 11.3. The zero-order chi connectivity index (χ0) is 21.0. The Hall–Kier alpha value is -1.97. The zero-order valence-corrected chi connectivity index (χ0v) is 18.4. The Morgan fingerprint density at radius 3 is 2.03 bits per heavy atom. The Kier molecular flexibility index (Phi) is 10.1. The van der Waals surface area contributed by atoms with Crippen LogP contribution in [0.1, 0.15) is 90.5 Å². The Morgan fingerprint density at radius 1 is 0.828 bits per heavy atom. The molecule has 160 valence electrons. The first kappa shape index (κ1) is 23.3. The number of hydrogen-bond donors (Lipinski definition) is 0. The van der Waals surface area contributed by atoms with Crippen molar-refractivity contribution in [3.05, 3.63) is 42.2 Å². The summed E-state index contributed by atoms with van der Waals surface area (Å²) in [5.74, 6) is -0.412. The van der Waals surface area contributed by atoms with Gasteiger partial charge in [-0.1, -0.05) is 58.8 Å². The molecule has 0 saturated carbocycles. The van der Waals surface area contributed by atoms with Gasteiger partial charge in [-0.05, 0) is 49.1 Å². The van der Waals surface area contributed by atoms with E-state index in [0.717, 1.165) is 24.8 Å². The van der Waals surface area contributed by atoms with Gasteiger partial charge in [0.2, 0.25) is 5.85 Å². The maximum absolute atomic E-state index is 14.4. The summed E-state index contributed by atoms with van der Waals surface area (Å²) in [6, 6.07) is 7.34. The number of halogens is 1. The number of hydrogen-bond acceptors (Lipinski definition) is 3. The maximum Gasteiger partial charge on any atom is 0.245 e. The number of unbranched alkanes of at least 4 members (excludes halogenated alkanes) is 7. The predicted molar refractivity (Wildman–Crippen MR) is 119 cm³/mol. The van der Waals surface area contributed by atoms with Crippen molar-refractivity contribution in [2.24, 2.45) is 0 Å². The van der Waals surface area contributed by atoms with Crippen molar-refractivity contribution in [3.63, 3.8) is 0 Å². The third kappa shape index (κ3) is 8.93. The summed E-state index contributed by atoms with van der Waals surface area (Å²) in [5, 5.41) is 0. The van der Waals surface area contributed by atoms with Gasteiger partial charge in [-0.25, -0.2) is 9.97 Å². The van der Waals surface area contributed by atoms with Crippen LogP contribution in [0.2, 0.25) is 0 Å². The predicted octanol–water partition coefficient (Wildman–Crippen LogP) is 7.69. The smallest absolute Gasteiger partial charge is 0.245 e. The van der Waals surface area contributed by atoms with Gasteiger partial charge in [0, 0.05) is 31.3 Å². The molecule has 0 radical (unpaired) electrons. The molecule has 0 aliphatic heterocycles. The van der Waals surface area contributed by atoms with E-state index in [4.69, 9.17) is 4.74 Å². The number of rotatable bonds is 14. The number of ether oxygens (including phenoxy) is 1. The van der Waals surface area contributed by atoms with Gasteiger partial charge in [-0.2, -0.15) is 4.39 Å². The fraction of sp³-hybridized carbons (Fsp3) is 0.600. The van der Waals surface area contributed by atoms with Crippen molar-refractivity contribution < 1.29 is 9.13 Å². The molecule has 1 aromatic heterocycles. The van der Waals surface area contributed by atoms with Gasteiger partial charge < -0.3 is 4.74 Å². The van der Waals surface area contributed by atoms with Gasteiger partial charge in [0.25, 0.3) is 0 Å². The maximum atomic E-state index is 14.4. The Bertz CT molecular complexity index is 683. The number of nitrogens with zero attached hydrogens (tertiary/aromatic N) is 2. The Labute approximate surface area is 176 Å². The van der Waals surface area contributed by atoms with Crippen LogP contribution in [0, 0.1) is 0 Å². The Morgan fingerprint density at radius 2 is 1.41 bits per heavy atom. The molecule has 1 aromatic carbocycles. The lowest BCUT2D eigenvalue weighted by Crippen LogP contribution is -2.26. The average Bonchev–Trinajstić information content (AvgIpc) is 2.72. The highest BCUT2D eigenvalue weighted by Crippen LogP contribution is 2.26. The van der Waals surface area contributed by atoms with Crippen molar-refractivity contribution in [1.29, 1.82) is 0 Å². The van der Waals surface area contributed by atoms with Crippen LogP contribution in [-0.2, 0) is 6.42 Å². The Balaban J connectivity index is 1.80. The van der Waals surface area contributed by atoms with Gasteiger partial charge in [-0.3, -0.25) is 0 Å². The molecular formula is C25H37FN2O. The second-order valence-electron chi connectivity index (χ2n) is 8.12. The largest absolute Gasteiger partial charge is 0.458 e. The fourth-order valence-corrected chi connectivity index (χ4v) is 3.38. The molecule has 29 heavy (non-hydrogen) atoms. The molecule has 2 aromatic rings. The lowest BCUT2D eigenvalue weighted by atomic mass is 10.1. The van der Waals surface area contributed by atoms with Crippen LogP contribution in [0.25, 0.3) is 11.4 Å². The molecule has 0 N–H and O–H groups in total. The van der Waals surface area contributed by atoms with Gasteiger partial charge in [-0.15, -0.1) is 0 Å². The fourth-order valence-electron chi connectivity index (χ4n) is 3.38. The second kappa shape index (κ2) is 12.6. The van der Waals surface area contributed by atoms with E-state index in [1.807, 2.05) is 31.5 Å². The molecule has 4 heteroatoms. The molecular weight excluding hydrogens is 363 g/mol. The summed E-state index contributed by atoms with van der Waals surface area (Å²) in [6.07, 6.45) is 16.2. The molecule has 1 atom stereocenters. The normalized spacial score (nSPS) is 13.2. The molecule has 0 saturated heterocycles. The van der Waals surface area contributed by atoms with Crippen molar-refractivity contribution >= 4 is 0 Å². The third-order valence-corrected chi connectivity index (χ3v) is 5.19. The molecule has 3 nitrogen and oxygen atoms in total. The van der Waals surface area contributed by atoms with Gasteiger partial charge in [0.1, 0.15) is 5.75 Å². The SMILES string of the molecule is CCCCCCCCCc1cnc(-c2ccc(OC(C)(F)CCCC)cc2)nc1. The molecule has 1 heterocycles. The zero-order valence-electron chi connectivity index (χ0n) is 18.4. The standard InChI is InChI=1S/C25H37FN2O/c1-4-6-8-9-10-11-12-13-21-19-27-24(28-20-21)22-14-16-23(17-15-22)29-25(3,26)18-7-5-2/h14-17,19-20H,4-13,18H2,1-3H3. The molecule has 0 amide bonds. The number of benzene rings is 1. The molecule has 0 fully saturated rings. The van der Waals surface area contributed by atoms with Gasteiger partial charge in [0.15, 0.2) is 5.82 Å². The van der Waals surface area contributed by atoms with E-state index in [2.05, 4.69) is 16.9 Å². The molecule has 2 rings (SSSR count). The highest BCUT2D eigenvalue weighted by molar-refractivity contribution is 5.55. The monoisotopic (exact) mass is 400 g/mol. The average molecular weight is 401 g/mol. The van der Waals surface area contributed by atoms with Crippen LogP contribution in [0.15, 0.2) is 36.7 Å². The minimum absolute atomic E-state index is 0.397. The molecule has 0 bridgehead atoms. The first-order chi connectivity index (χ1) is 14.0. The van der Waals surface area contributed by atoms with E-state index in [1.165, 1.54) is 57.4 Å². The minimum atomic E-state index is -1.63. The topological polar surface area (TPSA) is 35.0 Å². The molecule has 0 aliphatic rings. The van der Waals surface area contributed by atoms with Crippen LogP contribution in [0.4, 0.5) is 4.39 Å². The first-order valence-corrected chi connectivity index (χ1v) is 11.3. The van der Waals surface area contributed by atoms with Crippen molar-refractivity contribution in [3.8, 4) is 17.1 Å². The highest BCUT2D eigenvalue weighted by atomic mass is 19.2. The van der Waals surface area contributed by atoms with E-state index in [1.54, 1.807) is 12.1 Å². The minimum Gasteiger partial charge on any atom is -0.458 e. The lowest BCUT2D eigenvalue weighted by Gasteiger charge is -2.22. The van der Waals surface area contributed by atoms with Crippen LogP contribution in [-0.4, -0.2) is 15.8 Å². The molecule has 0 spiro atoms. The third-order valence-electron chi connectivity index (χ3n) is 5.19. The van der Waals surface area contributed by atoms with Gasteiger partial charge in [0.05, 0.1) is 0 Å². The number of aromatic nitrogens is 2. The number of alkyl halides is 1. The molecule has 0 aliphatic carbocycles. The second-order valence-corrected chi connectivity index (χ2v) is 8.12. The highest BCUT2D eigenvalue weighted by Gasteiger charge is 2.24. The van der Waals surface area contributed by atoms with Crippen molar-refractivity contribution in [1.82, 2.24) is 9.97 Å². The van der Waals surface area contributed by atoms with Crippen LogP contribution < -0.4 is 4.74 Å². The van der Waals surface area contributed by atoms with E-state index < -0.39 is 5.85 Å². The summed E-state index contributed by atoms with van der Waals surface area (Å²) in [4.78, 5) is 9.01. The van der Waals surface area contributed by atoms with E-state index in [0.29, 0.717) is 18.0 Å². The van der Waals surface area contributed by atoms with Crippen molar-refractivity contribution in [2.75, 3.05) is 0 Å². The van der Waals surface area contributed by atoms with Crippen LogP contribution in [0.5, 0.6) is 5.75 Å². The van der Waals surface area contributed by atoms with E-state index in [9.17, 15) is 4.39 Å². The van der Waals surface area contributed by atoms with Crippen LogP contribution in [0.3, 0.4) is 0 Å². The summed E-state index contributed by atoms with van der Waals surface area (Å²) < 4.78 is 19.9. The van der Waals surface area contributed by atoms with E-state index >= 15 is 0 Å². The molecule has 1 unspecified atom stereocenters. The van der Waals surface area contributed by atoms with E-state index in [-0.39, 0.29) is 0 Å².